The van der Waals surface area contributed by atoms with Crippen molar-refractivity contribution in [3.05, 3.63) is 33.9 Å². The van der Waals surface area contributed by atoms with Crippen LogP contribution >= 0.6 is 11.3 Å². The smallest absolute Gasteiger partial charge is 0.318 e. The van der Waals surface area contributed by atoms with E-state index >= 15 is 0 Å². The van der Waals surface area contributed by atoms with Gasteiger partial charge in [-0.25, -0.2) is 9.97 Å². The minimum Gasteiger partial charge on any atom is -0.454 e. The molecule has 0 amide bonds. The molecule has 19 heavy (non-hydrogen) atoms. The van der Waals surface area contributed by atoms with Crippen molar-refractivity contribution in [1.82, 2.24) is 9.97 Å². The maximum Gasteiger partial charge on any atom is 0.318 e. The zero-order valence-corrected chi connectivity index (χ0v) is 10.6. The maximum atomic E-state index is 10.9. The van der Waals surface area contributed by atoms with E-state index in [-0.39, 0.29) is 17.3 Å². The summed E-state index contributed by atoms with van der Waals surface area (Å²) in [5.74, 6) is 0.889. The van der Waals surface area contributed by atoms with E-state index in [0.29, 0.717) is 5.82 Å². The van der Waals surface area contributed by atoms with Crippen LogP contribution in [-0.4, -0.2) is 21.9 Å². The number of nitrogens with one attached hydrogen (secondary N) is 1. The molecule has 0 aliphatic heterocycles. The van der Waals surface area contributed by atoms with Crippen LogP contribution in [0.2, 0.25) is 0 Å². The Balaban J connectivity index is 2.24. The summed E-state index contributed by atoms with van der Waals surface area (Å²) in [6, 6.07) is 3.18. The van der Waals surface area contributed by atoms with Gasteiger partial charge in [0.1, 0.15) is 10.6 Å². The number of aromatic nitrogens is 2. The summed E-state index contributed by atoms with van der Waals surface area (Å²) < 4.78 is 5.15. The minimum absolute atomic E-state index is 0.0665. The largest absolute Gasteiger partial charge is 0.454 e. The van der Waals surface area contributed by atoms with Crippen molar-refractivity contribution < 1.29 is 9.34 Å². The second-order valence-electron chi connectivity index (χ2n) is 3.68. The molecule has 0 unspecified atom stereocenters. The summed E-state index contributed by atoms with van der Waals surface area (Å²) in [7, 11) is 1.74. The number of rotatable bonds is 3. The molecule has 3 heterocycles. The van der Waals surface area contributed by atoms with Gasteiger partial charge in [0.05, 0.1) is 22.6 Å². The summed E-state index contributed by atoms with van der Waals surface area (Å²) in [5.41, 5.74) is -0.141. The number of hydrogen-bond donors (Lipinski definition) is 1. The van der Waals surface area contributed by atoms with Crippen molar-refractivity contribution in [1.29, 1.82) is 0 Å². The lowest BCUT2D eigenvalue weighted by atomic mass is 10.3. The van der Waals surface area contributed by atoms with Crippen LogP contribution in [0.25, 0.3) is 21.8 Å². The average Bonchev–Trinajstić information content (AvgIpc) is 3.05. The number of hydrogen-bond acceptors (Lipinski definition) is 7. The van der Waals surface area contributed by atoms with Gasteiger partial charge in [0, 0.05) is 7.05 Å². The van der Waals surface area contributed by atoms with Crippen LogP contribution in [0.1, 0.15) is 0 Å². The highest BCUT2D eigenvalue weighted by atomic mass is 32.1. The fraction of sp³-hybridized carbons (Fsp3) is 0.0909. The molecule has 0 radical (unpaired) electrons. The Hall–Kier alpha value is -2.48. The van der Waals surface area contributed by atoms with E-state index in [4.69, 9.17) is 4.42 Å². The standard InChI is InChI=1S/C11H8N4O3S/c1-12-9-6-3-5-19-11(6)14-10(13-9)8-7(15(16)17)2-4-18-8/h2-5H,1H3,(H,12,13,14). The first-order chi connectivity index (χ1) is 9.20. The molecule has 0 aliphatic carbocycles. The Kier molecular flexibility index (Phi) is 2.64. The monoisotopic (exact) mass is 276 g/mol. The second kappa shape index (κ2) is 4.32. The van der Waals surface area contributed by atoms with Crippen LogP contribution in [0.4, 0.5) is 11.5 Å². The number of anilines is 1. The Morgan fingerprint density at radius 1 is 1.42 bits per heavy atom. The van der Waals surface area contributed by atoms with Crippen molar-refractivity contribution in [3.63, 3.8) is 0 Å². The molecule has 0 atom stereocenters. The first-order valence-electron chi connectivity index (χ1n) is 5.36. The molecular formula is C11H8N4O3S. The molecule has 3 aromatic heterocycles. The first-order valence-corrected chi connectivity index (χ1v) is 6.24. The fourth-order valence-corrected chi connectivity index (χ4v) is 2.52. The fourth-order valence-electron chi connectivity index (χ4n) is 1.76. The van der Waals surface area contributed by atoms with E-state index in [1.54, 1.807) is 7.05 Å². The predicted octanol–water partition coefficient (Wildman–Crippen LogP) is 2.90. The van der Waals surface area contributed by atoms with Crippen molar-refractivity contribution in [2.75, 3.05) is 12.4 Å². The summed E-state index contributed by atoms with van der Waals surface area (Å²) in [6.07, 6.45) is 1.26. The van der Waals surface area contributed by atoms with Gasteiger partial charge in [0.2, 0.25) is 11.6 Å². The van der Waals surface area contributed by atoms with Crippen LogP contribution in [0.15, 0.2) is 28.2 Å². The summed E-state index contributed by atoms with van der Waals surface area (Å²) in [6.45, 7) is 0. The van der Waals surface area contributed by atoms with Gasteiger partial charge in [-0.05, 0) is 11.4 Å². The van der Waals surface area contributed by atoms with Gasteiger partial charge in [-0.15, -0.1) is 11.3 Å². The van der Waals surface area contributed by atoms with Gasteiger partial charge in [0.25, 0.3) is 0 Å². The van der Waals surface area contributed by atoms with Gasteiger partial charge in [-0.2, -0.15) is 0 Å². The van der Waals surface area contributed by atoms with Crippen LogP contribution in [-0.2, 0) is 0 Å². The third kappa shape index (κ3) is 1.82. The quantitative estimate of drug-likeness (QED) is 0.584. The topological polar surface area (TPSA) is 94.1 Å². The molecule has 3 rings (SSSR count). The molecule has 0 saturated heterocycles. The highest BCUT2D eigenvalue weighted by molar-refractivity contribution is 7.16. The second-order valence-corrected chi connectivity index (χ2v) is 4.57. The van der Waals surface area contributed by atoms with Gasteiger partial charge in [0.15, 0.2) is 0 Å². The molecule has 0 saturated carbocycles. The molecule has 0 spiro atoms. The van der Waals surface area contributed by atoms with Crippen molar-refractivity contribution in [2.45, 2.75) is 0 Å². The van der Waals surface area contributed by atoms with Crippen LogP contribution in [0.3, 0.4) is 0 Å². The van der Waals surface area contributed by atoms with Crippen LogP contribution < -0.4 is 5.32 Å². The Morgan fingerprint density at radius 3 is 3.00 bits per heavy atom. The predicted molar refractivity (Wildman–Crippen MR) is 71.3 cm³/mol. The zero-order chi connectivity index (χ0) is 13.4. The minimum atomic E-state index is -0.514. The number of thiophene rings is 1. The molecule has 3 aromatic rings. The molecule has 1 N–H and O–H groups in total. The van der Waals surface area contributed by atoms with Gasteiger partial charge in [-0.3, -0.25) is 10.1 Å². The molecule has 0 aromatic carbocycles. The lowest BCUT2D eigenvalue weighted by Crippen LogP contribution is -1.98. The zero-order valence-electron chi connectivity index (χ0n) is 9.78. The lowest BCUT2D eigenvalue weighted by Gasteiger charge is -2.03. The molecular weight excluding hydrogens is 268 g/mol. The van der Waals surface area contributed by atoms with Crippen molar-refractivity contribution in [2.24, 2.45) is 0 Å². The van der Waals surface area contributed by atoms with Gasteiger partial charge in [-0.1, -0.05) is 0 Å². The summed E-state index contributed by atoms with van der Waals surface area (Å²) in [4.78, 5) is 19.7. The van der Waals surface area contributed by atoms with E-state index in [0.717, 1.165) is 10.2 Å². The first kappa shape index (κ1) is 11.6. The Morgan fingerprint density at radius 2 is 2.26 bits per heavy atom. The SMILES string of the molecule is CNc1nc(-c2occc2[N+](=O)[O-])nc2sccc12. The lowest BCUT2D eigenvalue weighted by molar-refractivity contribution is -0.384. The number of nitro groups is 1. The molecule has 0 aliphatic rings. The van der Waals surface area contributed by atoms with Crippen molar-refractivity contribution in [3.8, 4) is 11.6 Å². The Bertz CT molecular complexity index is 764. The normalized spacial score (nSPS) is 10.8. The molecule has 7 nitrogen and oxygen atoms in total. The molecule has 0 fully saturated rings. The van der Waals surface area contributed by atoms with Gasteiger partial charge >= 0.3 is 5.69 Å². The molecule has 8 heteroatoms. The maximum absolute atomic E-state index is 10.9. The van der Waals surface area contributed by atoms with E-state index in [9.17, 15) is 10.1 Å². The van der Waals surface area contributed by atoms with E-state index in [2.05, 4.69) is 15.3 Å². The highest BCUT2D eigenvalue weighted by Crippen LogP contribution is 2.32. The number of furan rings is 1. The molecule has 0 bridgehead atoms. The van der Waals surface area contributed by atoms with Gasteiger partial charge < -0.3 is 9.73 Å². The Labute approximate surface area is 111 Å². The number of fused-ring (bicyclic) bond motifs is 1. The third-order valence-corrected chi connectivity index (χ3v) is 3.41. The van der Waals surface area contributed by atoms with E-state index in [1.165, 1.54) is 23.7 Å². The third-order valence-electron chi connectivity index (χ3n) is 2.61. The number of nitrogens with zero attached hydrogens (tertiary/aromatic N) is 3. The highest BCUT2D eigenvalue weighted by Gasteiger charge is 2.22. The average molecular weight is 276 g/mol. The summed E-state index contributed by atoms with van der Waals surface area (Å²) >= 11 is 1.44. The van der Waals surface area contributed by atoms with E-state index < -0.39 is 4.92 Å². The van der Waals surface area contributed by atoms with Crippen LogP contribution in [0, 0.1) is 10.1 Å². The summed E-state index contributed by atoms with van der Waals surface area (Å²) in [5, 5.41) is 16.6. The van der Waals surface area contributed by atoms with Crippen LogP contribution in [0.5, 0.6) is 0 Å². The molecule has 96 valence electrons. The van der Waals surface area contributed by atoms with Crippen molar-refractivity contribution >= 4 is 33.1 Å². The van der Waals surface area contributed by atoms with E-state index in [1.807, 2.05) is 11.4 Å².